The zero-order valence-electron chi connectivity index (χ0n) is 11.5. The van der Waals surface area contributed by atoms with Crippen LogP contribution < -0.4 is 5.73 Å². The van der Waals surface area contributed by atoms with E-state index in [4.69, 9.17) is 10.3 Å². The molecular weight excluding hydrogens is 236 g/mol. The molecule has 3 rings (SSSR count). The van der Waals surface area contributed by atoms with Crippen molar-refractivity contribution < 1.29 is 4.52 Å². The first-order chi connectivity index (χ1) is 9.15. The van der Waals surface area contributed by atoms with Crippen molar-refractivity contribution in [3.05, 3.63) is 35.6 Å². The van der Waals surface area contributed by atoms with Crippen molar-refractivity contribution >= 4 is 5.82 Å². The van der Waals surface area contributed by atoms with E-state index in [0.717, 1.165) is 29.2 Å². The second kappa shape index (κ2) is 4.72. The highest BCUT2D eigenvalue weighted by molar-refractivity contribution is 5.75. The summed E-state index contributed by atoms with van der Waals surface area (Å²) in [6, 6.07) is 8.56. The molecule has 2 N–H and O–H groups in total. The average Bonchev–Trinajstić information content (AvgIpc) is 3.13. The summed E-state index contributed by atoms with van der Waals surface area (Å²) < 4.78 is 5.40. The lowest BCUT2D eigenvalue weighted by Crippen LogP contribution is -1.93. The second-order valence-corrected chi connectivity index (χ2v) is 5.79. The summed E-state index contributed by atoms with van der Waals surface area (Å²) in [4.78, 5) is 0. The van der Waals surface area contributed by atoms with Crippen molar-refractivity contribution in [1.29, 1.82) is 0 Å². The molecular formula is C16H20N2O. The van der Waals surface area contributed by atoms with Gasteiger partial charge in [0.2, 0.25) is 0 Å². The van der Waals surface area contributed by atoms with E-state index in [-0.39, 0.29) is 0 Å². The van der Waals surface area contributed by atoms with Gasteiger partial charge in [0, 0.05) is 6.42 Å². The van der Waals surface area contributed by atoms with E-state index >= 15 is 0 Å². The van der Waals surface area contributed by atoms with Gasteiger partial charge in [-0.2, -0.15) is 0 Å². The fourth-order valence-corrected chi connectivity index (χ4v) is 2.41. The van der Waals surface area contributed by atoms with Gasteiger partial charge in [0.15, 0.2) is 5.82 Å². The Labute approximate surface area is 113 Å². The highest BCUT2D eigenvalue weighted by Gasteiger charge is 2.26. The van der Waals surface area contributed by atoms with Crippen LogP contribution in [-0.4, -0.2) is 5.16 Å². The van der Waals surface area contributed by atoms with Crippen LogP contribution in [0.2, 0.25) is 0 Å². The number of nitrogen functional groups attached to an aromatic ring is 1. The maximum Gasteiger partial charge on any atom is 0.175 e. The van der Waals surface area contributed by atoms with E-state index in [1.165, 1.54) is 18.4 Å². The lowest BCUT2D eigenvalue weighted by molar-refractivity contribution is 0.381. The van der Waals surface area contributed by atoms with Gasteiger partial charge in [-0.05, 0) is 35.8 Å². The Balaban J connectivity index is 1.93. The minimum absolute atomic E-state index is 0.507. The maximum absolute atomic E-state index is 5.96. The molecule has 0 unspecified atom stereocenters. The first-order valence-electron chi connectivity index (χ1n) is 6.99. The van der Waals surface area contributed by atoms with Crippen LogP contribution in [0.1, 0.15) is 43.9 Å². The standard InChI is InChI=1S/C16H20N2O/c1-10(2)12-5-7-13(8-6-12)15-14(9-11-3-4-11)19-18-16(15)17/h5-8,10-11H,3-4,9H2,1-2H3,(H2,17,18). The molecule has 0 atom stereocenters. The summed E-state index contributed by atoms with van der Waals surface area (Å²) in [5.74, 6) is 2.76. The number of hydrogen-bond donors (Lipinski definition) is 1. The summed E-state index contributed by atoms with van der Waals surface area (Å²) in [7, 11) is 0. The SMILES string of the molecule is CC(C)c1ccc(-c2c(N)noc2CC2CC2)cc1. The third-order valence-electron chi connectivity index (χ3n) is 3.83. The molecule has 0 saturated heterocycles. The van der Waals surface area contributed by atoms with Crippen LogP contribution in [0.4, 0.5) is 5.82 Å². The molecule has 1 aromatic carbocycles. The summed E-state index contributed by atoms with van der Waals surface area (Å²) in [6.45, 7) is 4.39. The molecule has 100 valence electrons. The van der Waals surface area contributed by atoms with Crippen molar-refractivity contribution in [2.75, 3.05) is 5.73 Å². The van der Waals surface area contributed by atoms with Crippen molar-refractivity contribution in [1.82, 2.24) is 5.16 Å². The number of anilines is 1. The van der Waals surface area contributed by atoms with Gasteiger partial charge in [-0.15, -0.1) is 0 Å². The highest BCUT2D eigenvalue weighted by Crippen LogP contribution is 2.38. The van der Waals surface area contributed by atoms with Gasteiger partial charge in [-0.25, -0.2) is 0 Å². The molecule has 1 heterocycles. The lowest BCUT2D eigenvalue weighted by atomic mass is 9.98. The molecule has 0 radical (unpaired) electrons. The average molecular weight is 256 g/mol. The zero-order chi connectivity index (χ0) is 13.4. The van der Waals surface area contributed by atoms with Gasteiger partial charge >= 0.3 is 0 Å². The van der Waals surface area contributed by atoms with Crippen LogP contribution in [0.3, 0.4) is 0 Å². The Hall–Kier alpha value is -1.77. The van der Waals surface area contributed by atoms with Gasteiger partial charge < -0.3 is 10.3 Å². The molecule has 2 aromatic rings. The Kier molecular flexibility index (Phi) is 3.05. The Morgan fingerprint density at radius 1 is 1.26 bits per heavy atom. The topological polar surface area (TPSA) is 52.0 Å². The molecule has 3 nitrogen and oxygen atoms in total. The summed E-state index contributed by atoms with van der Waals surface area (Å²) in [5, 5.41) is 3.93. The molecule has 19 heavy (non-hydrogen) atoms. The summed E-state index contributed by atoms with van der Waals surface area (Å²) in [6.07, 6.45) is 3.56. The molecule has 1 saturated carbocycles. The highest BCUT2D eigenvalue weighted by atomic mass is 16.5. The van der Waals surface area contributed by atoms with Gasteiger partial charge in [0.25, 0.3) is 0 Å². The maximum atomic E-state index is 5.96. The third-order valence-corrected chi connectivity index (χ3v) is 3.83. The number of hydrogen-bond acceptors (Lipinski definition) is 3. The van der Waals surface area contributed by atoms with Crippen LogP contribution in [0.25, 0.3) is 11.1 Å². The van der Waals surface area contributed by atoms with Gasteiger partial charge in [-0.1, -0.05) is 43.3 Å². The molecule has 1 aromatic heterocycles. The van der Waals surface area contributed by atoms with Crippen molar-refractivity contribution in [2.45, 2.75) is 39.0 Å². The first-order valence-corrected chi connectivity index (χ1v) is 6.99. The number of aromatic nitrogens is 1. The Bertz CT molecular complexity index is 565. The smallest absolute Gasteiger partial charge is 0.175 e. The van der Waals surface area contributed by atoms with Crippen molar-refractivity contribution in [2.24, 2.45) is 5.92 Å². The molecule has 1 aliphatic rings. The van der Waals surface area contributed by atoms with Crippen LogP contribution in [0.5, 0.6) is 0 Å². The van der Waals surface area contributed by atoms with Crippen LogP contribution >= 0.6 is 0 Å². The minimum atomic E-state index is 0.507. The molecule has 1 fully saturated rings. The van der Waals surface area contributed by atoms with E-state index in [1.54, 1.807) is 0 Å². The lowest BCUT2D eigenvalue weighted by Gasteiger charge is -2.07. The molecule has 1 aliphatic carbocycles. The molecule has 3 heteroatoms. The van der Waals surface area contributed by atoms with E-state index in [0.29, 0.717) is 11.7 Å². The van der Waals surface area contributed by atoms with Crippen LogP contribution in [0.15, 0.2) is 28.8 Å². The first kappa shape index (κ1) is 12.3. The number of nitrogens with two attached hydrogens (primary N) is 1. The minimum Gasteiger partial charge on any atom is -0.380 e. The zero-order valence-corrected chi connectivity index (χ0v) is 11.5. The molecule has 0 bridgehead atoms. The van der Waals surface area contributed by atoms with Gasteiger partial charge in [0.05, 0.1) is 5.56 Å². The number of benzene rings is 1. The fraction of sp³-hybridized carbons (Fsp3) is 0.438. The van der Waals surface area contributed by atoms with Gasteiger partial charge in [-0.3, -0.25) is 0 Å². The monoisotopic (exact) mass is 256 g/mol. The number of rotatable bonds is 4. The van der Waals surface area contributed by atoms with Crippen LogP contribution in [-0.2, 0) is 6.42 Å². The second-order valence-electron chi connectivity index (χ2n) is 5.79. The van der Waals surface area contributed by atoms with Crippen LogP contribution in [0, 0.1) is 5.92 Å². The largest absolute Gasteiger partial charge is 0.380 e. The normalized spacial score (nSPS) is 15.1. The summed E-state index contributed by atoms with van der Waals surface area (Å²) in [5.41, 5.74) is 9.40. The van der Waals surface area contributed by atoms with E-state index in [2.05, 4.69) is 43.3 Å². The third kappa shape index (κ3) is 2.50. The van der Waals surface area contributed by atoms with E-state index < -0.39 is 0 Å². The molecule has 0 spiro atoms. The predicted octanol–water partition coefficient (Wildman–Crippen LogP) is 4.00. The van der Waals surface area contributed by atoms with Crippen molar-refractivity contribution in [3.63, 3.8) is 0 Å². The molecule has 0 amide bonds. The predicted molar refractivity (Wildman–Crippen MR) is 76.9 cm³/mol. The quantitative estimate of drug-likeness (QED) is 0.899. The van der Waals surface area contributed by atoms with Crippen molar-refractivity contribution in [3.8, 4) is 11.1 Å². The summed E-state index contributed by atoms with van der Waals surface area (Å²) >= 11 is 0. The van der Waals surface area contributed by atoms with Gasteiger partial charge in [0.1, 0.15) is 5.76 Å². The number of nitrogens with zero attached hydrogens (tertiary/aromatic N) is 1. The Morgan fingerprint density at radius 2 is 1.95 bits per heavy atom. The molecule has 0 aliphatic heterocycles. The van der Waals surface area contributed by atoms with E-state index in [9.17, 15) is 0 Å². The fourth-order valence-electron chi connectivity index (χ4n) is 2.41. The van der Waals surface area contributed by atoms with E-state index in [1.807, 2.05) is 0 Å². The Morgan fingerprint density at radius 3 is 2.53 bits per heavy atom.